The van der Waals surface area contributed by atoms with Crippen molar-refractivity contribution in [3.05, 3.63) is 133 Å². The summed E-state index contributed by atoms with van der Waals surface area (Å²) in [6, 6.07) is 46.9. The Kier molecular flexibility index (Phi) is 4.91. The fourth-order valence-electron chi connectivity index (χ4n) is 4.85. The number of hydrogen-bond acceptors (Lipinski definition) is 1. The van der Waals surface area contributed by atoms with E-state index in [1.54, 1.807) is 0 Å². The van der Waals surface area contributed by atoms with E-state index < -0.39 is 0 Å². The summed E-state index contributed by atoms with van der Waals surface area (Å²) in [5.41, 5.74) is 7.74. The van der Waals surface area contributed by atoms with Crippen molar-refractivity contribution >= 4 is 21.5 Å². The van der Waals surface area contributed by atoms with E-state index in [4.69, 9.17) is 0 Å². The lowest BCUT2D eigenvalue weighted by Gasteiger charge is -2.20. The van der Waals surface area contributed by atoms with Gasteiger partial charge in [-0.2, -0.15) is 5.26 Å². The Morgan fingerprint density at radius 2 is 1.00 bits per heavy atom. The van der Waals surface area contributed by atoms with Gasteiger partial charge in [-0.05, 0) is 85.3 Å². The topological polar surface area (TPSA) is 23.8 Å². The van der Waals surface area contributed by atoms with Crippen LogP contribution in [0.2, 0.25) is 0 Å². The molecule has 6 rings (SSSR count). The number of benzene rings is 6. The van der Waals surface area contributed by atoms with Crippen LogP contribution in [0.15, 0.2) is 127 Å². The van der Waals surface area contributed by atoms with Gasteiger partial charge in [-0.1, -0.05) is 97.1 Å². The second-order valence-electron chi connectivity index (χ2n) is 8.52. The monoisotopic (exact) mass is 431 g/mol. The van der Waals surface area contributed by atoms with Crippen molar-refractivity contribution in [1.82, 2.24) is 0 Å². The van der Waals surface area contributed by atoms with Crippen molar-refractivity contribution in [3.63, 3.8) is 0 Å². The largest absolute Gasteiger partial charge is 0.192 e. The number of fused-ring (bicyclic) bond motifs is 2. The lowest BCUT2D eigenvalue weighted by molar-refractivity contribution is 1.48. The van der Waals surface area contributed by atoms with Gasteiger partial charge in [-0.3, -0.25) is 0 Å². The van der Waals surface area contributed by atoms with E-state index >= 15 is 0 Å². The fraction of sp³-hybridized carbons (Fsp3) is 0. The van der Waals surface area contributed by atoms with Crippen molar-refractivity contribution in [2.75, 3.05) is 0 Å². The Labute approximate surface area is 199 Å². The molecule has 0 aliphatic rings. The van der Waals surface area contributed by atoms with E-state index in [0.717, 1.165) is 5.56 Å². The molecule has 0 atom stereocenters. The average molecular weight is 432 g/mol. The van der Waals surface area contributed by atoms with Gasteiger partial charge in [0.05, 0.1) is 11.6 Å². The third kappa shape index (κ3) is 3.43. The molecule has 0 saturated heterocycles. The van der Waals surface area contributed by atoms with Gasteiger partial charge < -0.3 is 0 Å². The molecule has 0 radical (unpaired) electrons. The third-order valence-electron chi connectivity index (χ3n) is 6.46. The Bertz CT molecular complexity index is 1670. The highest BCUT2D eigenvalue weighted by atomic mass is 14.2. The lowest BCUT2D eigenvalue weighted by Crippen LogP contribution is -1.93. The molecule has 0 aliphatic carbocycles. The highest BCUT2D eigenvalue weighted by Crippen LogP contribution is 2.45. The molecule has 6 aromatic rings. The van der Waals surface area contributed by atoms with Gasteiger partial charge in [0.15, 0.2) is 0 Å². The van der Waals surface area contributed by atoms with Gasteiger partial charge in [0.2, 0.25) is 0 Å². The van der Waals surface area contributed by atoms with Crippen LogP contribution in [0, 0.1) is 11.3 Å². The molecule has 1 heteroatoms. The van der Waals surface area contributed by atoms with Gasteiger partial charge in [-0.25, -0.2) is 0 Å². The predicted octanol–water partition coefficient (Wildman–Crippen LogP) is 8.87. The van der Waals surface area contributed by atoms with E-state index in [1.807, 2.05) is 12.1 Å². The first kappa shape index (κ1) is 20.0. The summed E-state index contributed by atoms with van der Waals surface area (Å²) < 4.78 is 0. The Morgan fingerprint density at radius 1 is 0.441 bits per heavy atom. The Hall–Kier alpha value is -4.67. The standard InChI is InChI=1S/C33H21N/c34-22-23-15-17-26(18-16-23)33-31-20-28-14-8-7-13-27(28)19-29(31)21-30(24-9-3-1-4-10-24)32(33)25-11-5-2-6-12-25/h1-21H. The molecular formula is C33H21N. The van der Waals surface area contributed by atoms with E-state index in [1.165, 1.54) is 49.4 Å². The SMILES string of the molecule is N#Cc1ccc(-c2c(-c3ccccc3)c(-c3ccccc3)cc3cc4ccccc4cc23)cc1. The fourth-order valence-corrected chi connectivity index (χ4v) is 4.85. The highest BCUT2D eigenvalue weighted by molar-refractivity contribution is 6.13. The van der Waals surface area contributed by atoms with Crippen LogP contribution in [0.1, 0.15) is 5.56 Å². The van der Waals surface area contributed by atoms with E-state index in [2.05, 4.69) is 121 Å². The minimum atomic E-state index is 0.666. The van der Waals surface area contributed by atoms with Gasteiger partial charge in [0.25, 0.3) is 0 Å². The van der Waals surface area contributed by atoms with Crippen LogP contribution < -0.4 is 0 Å². The average Bonchev–Trinajstić information content (AvgIpc) is 2.92. The van der Waals surface area contributed by atoms with E-state index in [-0.39, 0.29) is 0 Å². The molecular weight excluding hydrogens is 410 g/mol. The molecule has 0 aliphatic heterocycles. The summed E-state index contributed by atoms with van der Waals surface area (Å²) in [6.07, 6.45) is 0. The number of hydrogen-bond donors (Lipinski definition) is 0. The molecule has 0 aromatic heterocycles. The maximum atomic E-state index is 9.36. The smallest absolute Gasteiger partial charge is 0.0991 e. The van der Waals surface area contributed by atoms with Crippen LogP contribution in [0.4, 0.5) is 0 Å². The zero-order chi connectivity index (χ0) is 22.9. The summed E-state index contributed by atoms with van der Waals surface area (Å²) in [5, 5.41) is 14.2. The first-order valence-corrected chi connectivity index (χ1v) is 11.4. The third-order valence-corrected chi connectivity index (χ3v) is 6.46. The second-order valence-corrected chi connectivity index (χ2v) is 8.52. The summed E-state index contributed by atoms with van der Waals surface area (Å²) >= 11 is 0. The summed E-state index contributed by atoms with van der Waals surface area (Å²) in [6.45, 7) is 0. The van der Waals surface area contributed by atoms with Gasteiger partial charge in [-0.15, -0.1) is 0 Å². The van der Waals surface area contributed by atoms with Crippen LogP contribution in [0.3, 0.4) is 0 Å². The first-order valence-electron chi connectivity index (χ1n) is 11.4. The number of nitriles is 1. The zero-order valence-electron chi connectivity index (χ0n) is 18.6. The second kappa shape index (κ2) is 8.35. The quantitative estimate of drug-likeness (QED) is 0.257. The zero-order valence-corrected chi connectivity index (χ0v) is 18.6. The van der Waals surface area contributed by atoms with Crippen LogP contribution in [-0.4, -0.2) is 0 Å². The van der Waals surface area contributed by atoms with E-state index in [9.17, 15) is 5.26 Å². The molecule has 0 N–H and O–H groups in total. The number of rotatable bonds is 3. The minimum absolute atomic E-state index is 0.666. The maximum absolute atomic E-state index is 9.36. The molecule has 6 aromatic carbocycles. The Balaban J connectivity index is 1.81. The van der Waals surface area contributed by atoms with Gasteiger partial charge in [0.1, 0.15) is 0 Å². The Morgan fingerprint density at radius 3 is 1.65 bits per heavy atom. The molecule has 158 valence electrons. The van der Waals surface area contributed by atoms with Crippen molar-refractivity contribution in [2.45, 2.75) is 0 Å². The summed E-state index contributed by atoms with van der Waals surface area (Å²) in [7, 11) is 0. The molecule has 1 nitrogen and oxygen atoms in total. The maximum Gasteiger partial charge on any atom is 0.0991 e. The highest BCUT2D eigenvalue weighted by Gasteiger charge is 2.18. The minimum Gasteiger partial charge on any atom is -0.192 e. The van der Waals surface area contributed by atoms with Crippen molar-refractivity contribution in [2.24, 2.45) is 0 Å². The molecule has 0 amide bonds. The molecule has 34 heavy (non-hydrogen) atoms. The van der Waals surface area contributed by atoms with Crippen LogP contribution in [-0.2, 0) is 0 Å². The van der Waals surface area contributed by atoms with Crippen LogP contribution in [0.5, 0.6) is 0 Å². The van der Waals surface area contributed by atoms with Crippen LogP contribution >= 0.6 is 0 Å². The van der Waals surface area contributed by atoms with Gasteiger partial charge >= 0.3 is 0 Å². The molecule has 0 fully saturated rings. The summed E-state index contributed by atoms with van der Waals surface area (Å²) in [5.74, 6) is 0. The lowest BCUT2D eigenvalue weighted by atomic mass is 9.83. The van der Waals surface area contributed by atoms with E-state index in [0.29, 0.717) is 5.56 Å². The van der Waals surface area contributed by atoms with Crippen LogP contribution in [0.25, 0.3) is 54.9 Å². The summed E-state index contributed by atoms with van der Waals surface area (Å²) in [4.78, 5) is 0. The van der Waals surface area contributed by atoms with Crippen molar-refractivity contribution < 1.29 is 0 Å². The van der Waals surface area contributed by atoms with Crippen molar-refractivity contribution in [3.8, 4) is 39.4 Å². The predicted molar refractivity (Wildman–Crippen MR) is 142 cm³/mol. The number of nitrogens with zero attached hydrogens (tertiary/aromatic N) is 1. The molecule has 0 saturated carbocycles. The van der Waals surface area contributed by atoms with Gasteiger partial charge in [0, 0.05) is 0 Å². The molecule has 0 bridgehead atoms. The van der Waals surface area contributed by atoms with Crippen molar-refractivity contribution in [1.29, 1.82) is 5.26 Å². The molecule has 0 unspecified atom stereocenters. The normalized spacial score (nSPS) is 10.9. The first-order chi connectivity index (χ1) is 16.8. The molecule has 0 heterocycles. The molecule has 0 spiro atoms.